The first-order chi connectivity index (χ1) is 11.0. The predicted octanol–water partition coefficient (Wildman–Crippen LogP) is 0.995. The van der Waals surface area contributed by atoms with Gasteiger partial charge in [-0.2, -0.15) is 0 Å². The number of rotatable bonds is 2. The van der Waals surface area contributed by atoms with Gasteiger partial charge in [-0.3, -0.25) is 14.4 Å². The molecular formula is C17H21N3O3. The van der Waals surface area contributed by atoms with Crippen molar-refractivity contribution in [1.29, 1.82) is 0 Å². The quantitative estimate of drug-likeness (QED) is 0.854. The van der Waals surface area contributed by atoms with Crippen LogP contribution in [-0.4, -0.2) is 41.3 Å². The summed E-state index contributed by atoms with van der Waals surface area (Å²) in [7, 11) is 0. The molecule has 3 fully saturated rings. The van der Waals surface area contributed by atoms with Crippen LogP contribution in [0.1, 0.15) is 54.1 Å². The van der Waals surface area contributed by atoms with Gasteiger partial charge in [0.15, 0.2) is 0 Å². The molecule has 0 unspecified atom stereocenters. The van der Waals surface area contributed by atoms with Crippen LogP contribution in [0.5, 0.6) is 0 Å². The largest absolute Gasteiger partial charge is 0.356 e. The molecule has 6 heteroatoms. The molecule has 4 rings (SSSR count). The van der Waals surface area contributed by atoms with Crippen LogP contribution in [-0.2, 0) is 4.79 Å². The normalized spacial score (nSPS) is 23.1. The molecule has 23 heavy (non-hydrogen) atoms. The smallest absolute Gasteiger partial charge is 0.254 e. The van der Waals surface area contributed by atoms with Crippen LogP contribution in [0.2, 0.25) is 0 Å². The molecule has 3 heterocycles. The van der Waals surface area contributed by atoms with Gasteiger partial charge in [-0.1, -0.05) is 0 Å². The molecule has 1 saturated carbocycles. The average molecular weight is 315 g/mol. The molecule has 1 spiro atoms. The lowest BCUT2D eigenvalue weighted by molar-refractivity contribution is -0.119. The standard InChI is InChI=1S/C17H21N3O3/c21-14-8-12(7-13(19-14)11-1-2-11)16(23)20-5-3-17(4-6-20)9-15(22)18-10-17/h7-8,11H,1-6,9-10H2,(H,18,22)(H,19,21). The Hall–Kier alpha value is -2.11. The van der Waals surface area contributed by atoms with Gasteiger partial charge in [-0.25, -0.2) is 0 Å². The number of amides is 2. The third-order valence-electron chi connectivity index (χ3n) is 5.44. The first kappa shape index (κ1) is 14.5. The zero-order valence-electron chi connectivity index (χ0n) is 13.1. The lowest BCUT2D eigenvalue weighted by Gasteiger charge is -2.38. The van der Waals surface area contributed by atoms with E-state index in [0.29, 0.717) is 31.0 Å². The molecular weight excluding hydrogens is 294 g/mol. The molecule has 1 aromatic heterocycles. The van der Waals surface area contributed by atoms with E-state index in [1.165, 1.54) is 6.07 Å². The number of aromatic nitrogens is 1. The second kappa shape index (κ2) is 5.22. The van der Waals surface area contributed by atoms with E-state index >= 15 is 0 Å². The summed E-state index contributed by atoms with van der Waals surface area (Å²) in [5.41, 5.74) is 1.21. The molecule has 0 aromatic carbocycles. The van der Waals surface area contributed by atoms with Gasteiger partial charge in [0.2, 0.25) is 11.5 Å². The fourth-order valence-electron chi connectivity index (χ4n) is 3.77. The van der Waals surface area contributed by atoms with Crippen molar-refractivity contribution in [2.45, 2.75) is 38.0 Å². The summed E-state index contributed by atoms with van der Waals surface area (Å²) in [6, 6.07) is 3.24. The minimum absolute atomic E-state index is 0.0290. The Morgan fingerprint density at radius 2 is 1.91 bits per heavy atom. The lowest BCUT2D eigenvalue weighted by atomic mass is 9.77. The van der Waals surface area contributed by atoms with Crippen LogP contribution < -0.4 is 10.9 Å². The molecule has 1 aliphatic carbocycles. The molecule has 2 amide bonds. The van der Waals surface area contributed by atoms with Crippen LogP contribution in [0.15, 0.2) is 16.9 Å². The van der Waals surface area contributed by atoms with Crippen molar-refractivity contribution in [3.8, 4) is 0 Å². The van der Waals surface area contributed by atoms with Gasteiger partial charge in [0.1, 0.15) is 0 Å². The number of carbonyl (C=O) groups is 2. The van der Waals surface area contributed by atoms with E-state index in [1.54, 1.807) is 0 Å². The number of nitrogens with zero attached hydrogens (tertiary/aromatic N) is 1. The van der Waals surface area contributed by atoms with Gasteiger partial charge in [-0.15, -0.1) is 0 Å². The van der Waals surface area contributed by atoms with Crippen LogP contribution in [0, 0.1) is 5.41 Å². The molecule has 0 bridgehead atoms. The summed E-state index contributed by atoms with van der Waals surface area (Å²) in [6.45, 7) is 2.03. The highest BCUT2D eigenvalue weighted by atomic mass is 16.2. The summed E-state index contributed by atoms with van der Waals surface area (Å²) in [5, 5.41) is 2.90. The Bertz CT molecular complexity index is 712. The number of pyridine rings is 1. The lowest BCUT2D eigenvalue weighted by Crippen LogP contribution is -2.44. The maximum absolute atomic E-state index is 12.7. The van der Waals surface area contributed by atoms with Gasteiger partial charge >= 0.3 is 0 Å². The highest BCUT2D eigenvalue weighted by Gasteiger charge is 2.41. The van der Waals surface area contributed by atoms with Gasteiger partial charge in [0, 0.05) is 43.4 Å². The van der Waals surface area contributed by atoms with Gasteiger partial charge in [0.25, 0.3) is 5.91 Å². The summed E-state index contributed by atoms with van der Waals surface area (Å²) in [6.07, 6.45) is 4.43. The number of hydrogen-bond donors (Lipinski definition) is 2. The van der Waals surface area contributed by atoms with Crippen molar-refractivity contribution < 1.29 is 9.59 Å². The van der Waals surface area contributed by atoms with Crippen molar-refractivity contribution in [3.63, 3.8) is 0 Å². The van der Waals surface area contributed by atoms with Crippen molar-refractivity contribution in [1.82, 2.24) is 15.2 Å². The fraction of sp³-hybridized carbons (Fsp3) is 0.588. The first-order valence-electron chi connectivity index (χ1n) is 8.35. The second-order valence-electron chi connectivity index (χ2n) is 7.21. The van der Waals surface area contributed by atoms with E-state index in [1.807, 2.05) is 11.0 Å². The highest BCUT2D eigenvalue weighted by molar-refractivity contribution is 5.94. The predicted molar refractivity (Wildman–Crippen MR) is 84.2 cm³/mol. The molecule has 1 aromatic rings. The monoisotopic (exact) mass is 315 g/mol. The Labute approximate surface area is 134 Å². The highest BCUT2D eigenvalue weighted by Crippen LogP contribution is 2.39. The van der Waals surface area contributed by atoms with Crippen LogP contribution in [0.3, 0.4) is 0 Å². The number of likely N-dealkylation sites (tertiary alicyclic amines) is 1. The Balaban J connectivity index is 1.48. The third-order valence-corrected chi connectivity index (χ3v) is 5.44. The Kier molecular flexibility index (Phi) is 3.28. The second-order valence-corrected chi connectivity index (χ2v) is 7.21. The minimum atomic E-state index is -0.197. The average Bonchev–Trinajstić information content (AvgIpc) is 3.32. The zero-order chi connectivity index (χ0) is 16.0. The molecule has 122 valence electrons. The van der Waals surface area contributed by atoms with Gasteiger partial charge < -0.3 is 15.2 Å². The van der Waals surface area contributed by atoms with Crippen molar-refractivity contribution in [2.75, 3.05) is 19.6 Å². The number of hydrogen-bond acceptors (Lipinski definition) is 3. The van der Waals surface area contributed by atoms with Gasteiger partial charge in [0.05, 0.1) is 0 Å². The van der Waals surface area contributed by atoms with E-state index in [0.717, 1.165) is 37.9 Å². The first-order valence-corrected chi connectivity index (χ1v) is 8.35. The topological polar surface area (TPSA) is 82.3 Å². The fourth-order valence-corrected chi connectivity index (χ4v) is 3.77. The van der Waals surface area contributed by atoms with Crippen LogP contribution in [0.4, 0.5) is 0 Å². The maximum atomic E-state index is 12.7. The van der Waals surface area contributed by atoms with Gasteiger partial charge in [-0.05, 0) is 43.1 Å². The van der Waals surface area contributed by atoms with E-state index in [-0.39, 0.29) is 22.8 Å². The summed E-state index contributed by atoms with van der Waals surface area (Å²) in [4.78, 5) is 40.6. The molecule has 2 aliphatic heterocycles. The van der Waals surface area contributed by atoms with Crippen molar-refractivity contribution >= 4 is 11.8 Å². The Morgan fingerprint density at radius 1 is 1.17 bits per heavy atom. The van der Waals surface area contributed by atoms with E-state index in [4.69, 9.17) is 0 Å². The number of aromatic amines is 1. The summed E-state index contributed by atoms with van der Waals surface area (Å²) < 4.78 is 0. The van der Waals surface area contributed by atoms with Crippen LogP contribution in [0.25, 0.3) is 0 Å². The van der Waals surface area contributed by atoms with Crippen molar-refractivity contribution in [3.05, 3.63) is 33.7 Å². The maximum Gasteiger partial charge on any atom is 0.254 e. The number of carbonyl (C=O) groups excluding carboxylic acids is 2. The summed E-state index contributed by atoms with van der Waals surface area (Å²) in [5.74, 6) is 0.467. The van der Waals surface area contributed by atoms with Crippen LogP contribution >= 0.6 is 0 Å². The molecule has 6 nitrogen and oxygen atoms in total. The SMILES string of the molecule is O=C1CC2(CCN(C(=O)c3cc(C4CC4)[nH]c(=O)c3)CC2)CN1. The molecule has 0 radical (unpaired) electrons. The molecule has 2 N–H and O–H groups in total. The number of piperidine rings is 1. The molecule has 3 aliphatic rings. The minimum Gasteiger partial charge on any atom is -0.356 e. The molecule has 0 atom stereocenters. The third kappa shape index (κ3) is 2.78. The zero-order valence-corrected chi connectivity index (χ0v) is 13.1. The van der Waals surface area contributed by atoms with Crippen molar-refractivity contribution in [2.24, 2.45) is 5.41 Å². The number of H-pyrrole nitrogens is 1. The van der Waals surface area contributed by atoms with E-state index in [2.05, 4.69) is 10.3 Å². The van der Waals surface area contributed by atoms with E-state index < -0.39 is 0 Å². The number of nitrogens with one attached hydrogen (secondary N) is 2. The Morgan fingerprint density at radius 3 is 2.52 bits per heavy atom. The summed E-state index contributed by atoms with van der Waals surface area (Å²) >= 11 is 0. The van der Waals surface area contributed by atoms with E-state index in [9.17, 15) is 14.4 Å². The molecule has 2 saturated heterocycles.